The summed E-state index contributed by atoms with van der Waals surface area (Å²) in [6.45, 7) is 3.36. The Hall–Kier alpha value is -0.900. The molecule has 84 valence electrons. The van der Waals surface area contributed by atoms with Crippen molar-refractivity contribution in [3.8, 4) is 0 Å². The first-order valence-electron chi connectivity index (χ1n) is 5.92. The lowest BCUT2D eigenvalue weighted by atomic mass is 10.1. The summed E-state index contributed by atoms with van der Waals surface area (Å²) < 4.78 is 0. The van der Waals surface area contributed by atoms with Gasteiger partial charge in [-0.05, 0) is 32.2 Å². The number of aromatic nitrogens is 3. The normalized spacial score (nSPS) is 17.9. The zero-order valence-corrected chi connectivity index (χ0v) is 9.37. The predicted octanol–water partition coefficient (Wildman–Crippen LogP) is 1.52. The van der Waals surface area contributed by atoms with E-state index in [4.69, 9.17) is 0 Å². The molecule has 4 nitrogen and oxygen atoms in total. The van der Waals surface area contributed by atoms with Crippen molar-refractivity contribution in [3.05, 3.63) is 12.2 Å². The summed E-state index contributed by atoms with van der Waals surface area (Å²) in [6, 6.07) is 0.673. The van der Waals surface area contributed by atoms with Gasteiger partial charge < -0.3 is 5.32 Å². The number of aromatic amines is 1. The number of nitrogens with zero attached hydrogens (tertiary/aromatic N) is 2. The van der Waals surface area contributed by atoms with Crippen molar-refractivity contribution in [1.29, 1.82) is 0 Å². The van der Waals surface area contributed by atoms with E-state index in [0.29, 0.717) is 6.04 Å². The number of hydrogen-bond donors (Lipinski definition) is 2. The molecule has 4 heteroatoms. The maximum absolute atomic E-state index is 4.10. The molecule has 15 heavy (non-hydrogen) atoms. The molecule has 0 saturated heterocycles. The number of rotatable bonds is 7. The molecule has 0 radical (unpaired) electrons. The Balaban J connectivity index is 1.50. The van der Waals surface area contributed by atoms with Gasteiger partial charge in [-0.1, -0.05) is 12.8 Å². The van der Waals surface area contributed by atoms with Crippen LogP contribution in [0.1, 0.15) is 38.4 Å². The van der Waals surface area contributed by atoms with E-state index in [1.165, 1.54) is 19.3 Å². The standard InChI is InChI=1S/C11H20N4/c1-9(7-10-4-5-10)12-6-2-3-11-13-8-14-15-11/h8-10,12H,2-7H2,1H3,(H,13,14,15). The first-order valence-corrected chi connectivity index (χ1v) is 5.92. The Morgan fingerprint density at radius 2 is 2.47 bits per heavy atom. The van der Waals surface area contributed by atoms with Gasteiger partial charge in [-0.3, -0.25) is 5.10 Å². The van der Waals surface area contributed by atoms with Crippen LogP contribution in [0.2, 0.25) is 0 Å². The van der Waals surface area contributed by atoms with E-state index in [0.717, 1.165) is 31.1 Å². The molecule has 1 aliphatic carbocycles. The monoisotopic (exact) mass is 208 g/mol. The molecule has 0 bridgehead atoms. The summed E-state index contributed by atoms with van der Waals surface area (Å²) >= 11 is 0. The molecular formula is C11H20N4. The third-order valence-electron chi connectivity index (χ3n) is 2.93. The second-order valence-corrected chi connectivity index (χ2v) is 4.57. The van der Waals surface area contributed by atoms with Crippen molar-refractivity contribution in [1.82, 2.24) is 20.5 Å². The van der Waals surface area contributed by atoms with Crippen molar-refractivity contribution < 1.29 is 0 Å². The fourth-order valence-electron chi connectivity index (χ4n) is 1.89. The quantitative estimate of drug-likeness (QED) is 0.668. The minimum Gasteiger partial charge on any atom is -0.314 e. The van der Waals surface area contributed by atoms with Crippen LogP contribution in [0.4, 0.5) is 0 Å². The Labute approximate surface area is 90.9 Å². The largest absolute Gasteiger partial charge is 0.314 e. The highest BCUT2D eigenvalue weighted by Gasteiger charge is 2.22. The number of aryl methyl sites for hydroxylation is 1. The summed E-state index contributed by atoms with van der Waals surface area (Å²) in [5.74, 6) is 2.01. The summed E-state index contributed by atoms with van der Waals surface area (Å²) in [5.41, 5.74) is 0. The van der Waals surface area contributed by atoms with Gasteiger partial charge >= 0.3 is 0 Å². The van der Waals surface area contributed by atoms with E-state index in [1.807, 2.05) is 0 Å². The van der Waals surface area contributed by atoms with Crippen molar-refractivity contribution in [2.24, 2.45) is 5.92 Å². The lowest BCUT2D eigenvalue weighted by molar-refractivity contribution is 0.481. The molecule has 2 N–H and O–H groups in total. The SMILES string of the molecule is CC(CC1CC1)NCCCc1ncn[nH]1. The van der Waals surface area contributed by atoms with Crippen LogP contribution in [0.25, 0.3) is 0 Å². The molecule has 0 amide bonds. The zero-order chi connectivity index (χ0) is 10.5. The predicted molar refractivity (Wildman–Crippen MR) is 59.5 cm³/mol. The maximum atomic E-state index is 4.10. The lowest BCUT2D eigenvalue weighted by Gasteiger charge is -2.12. The van der Waals surface area contributed by atoms with Crippen LogP contribution in [-0.4, -0.2) is 27.8 Å². The topological polar surface area (TPSA) is 53.6 Å². The van der Waals surface area contributed by atoms with E-state index in [1.54, 1.807) is 6.33 Å². The van der Waals surface area contributed by atoms with Gasteiger partial charge in [-0.25, -0.2) is 4.98 Å². The average Bonchev–Trinajstić information content (AvgIpc) is 2.87. The molecular weight excluding hydrogens is 188 g/mol. The van der Waals surface area contributed by atoms with Crippen molar-refractivity contribution >= 4 is 0 Å². The van der Waals surface area contributed by atoms with Gasteiger partial charge in [0.05, 0.1) is 0 Å². The molecule has 2 rings (SSSR count). The van der Waals surface area contributed by atoms with Crippen molar-refractivity contribution in [3.63, 3.8) is 0 Å². The third kappa shape index (κ3) is 4.00. The van der Waals surface area contributed by atoms with E-state index < -0.39 is 0 Å². The fraction of sp³-hybridized carbons (Fsp3) is 0.818. The highest BCUT2D eigenvalue weighted by atomic mass is 15.2. The minimum atomic E-state index is 0.673. The van der Waals surface area contributed by atoms with Crippen LogP contribution in [-0.2, 0) is 6.42 Å². The van der Waals surface area contributed by atoms with Gasteiger partial charge in [-0.2, -0.15) is 5.10 Å². The Kier molecular flexibility index (Phi) is 3.72. The second-order valence-electron chi connectivity index (χ2n) is 4.57. The van der Waals surface area contributed by atoms with E-state index in [2.05, 4.69) is 27.4 Å². The molecule has 0 aromatic carbocycles. The summed E-state index contributed by atoms with van der Waals surface area (Å²) in [7, 11) is 0. The average molecular weight is 208 g/mol. The lowest BCUT2D eigenvalue weighted by Crippen LogP contribution is -2.27. The number of H-pyrrole nitrogens is 1. The van der Waals surface area contributed by atoms with Crippen LogP contribution < -0.4 is 5.32 Å². The highest BCUT2D eigenvalue weighted by molar-refractivity contribution is 4.81. The van der Waals surface area contributed by atoms with E-state index >= 15 is 0 Å². The van der Waals surface area contributed by atoms with Gasteiger partial charge in [-0.15, -0.1) is 0 Å². The van der Waals surface area contributed by atoms with Gasteiger partial charge in [0.15, 0.2) is 0 Å². The number of hydrogen-bond acceptors (Lipinski definition) is 3. The van der Waals surface area contributed by atoms with Crippen LogP contribution >= 0.6 is 0 Å². The molecule has 1 atom stereocenters. The molecule has 1 aromatic rings. The first-order chi connectivity index (χ1) is 7.34. The Morgan fingerprint density at radius 1 is 1.60 bits per heavy atom. The van der Waals surface area contributed by atoms with Gasteiger partial charge in [0.2, 0.25) is 0 Å². The number of nitrogens with one attached hydrogen (secondary N) is 2. The molecule has 1 heterocycles. The van der Waals surface area contributed by atoms with E-state index in [9.17, 15) is 0 Å². The summed E-state index contributed by atoms with van der Waals surface area (Å²) in [6.07, 6.45) is 7.93. The summed E-state index contributed by atoms with van der Waals surface area (Å²) in [4.78, 5) is 4.10. The Bertz CT molecular complexity index is 266. The molecule has 1 aliphatic rings. The van der Waals surface area contributed by atoms with Gasteiger partial charge in [0.1, 0.15) is 12.2 Å². The maximum Gasteiger partial charge on any atom is 0.137 e. The molecule has 1 unspecified atom stereocenters. The zero-order valence-electron chi connectivity index (χ0n) is 9.37. The fourth-order valence-corrected chi connectivity index (χ4v) is 1.89. The van der Waals surface area contributed by atoms with Gasteiger partial charge in [0, 0.05) is 12.5 Å². The first kappa shape index (κ1) is 10.6. The van der Waals surface area contributed by atoms with Crippen LogP contribution in [0, 0.1) is 5.92 Å². The second kappa shape index (κ2) is 5.26. The van der Waals surface area contributed by atoms with Crippen molar-refractivity contribution in [2.75, 3.05) is 6.54 Å². The van der Waals surface area contributed by atoms with Crippen LogP contribution in [0.15, 0.2) is 6.33 Å². The van der Waals surface area contributed by atoms with E-state index in [-0.39, 0.29) is 0 Å². The summed E-state index contributed by atoms with van der Waals surface area (Å²) in [5, 5.41) is 10.3. The molecule has 0 aliphatic heterocycles. The van der Waals surface area contributed by atoms with Crippen LogP contribution in [0.5, 0.6) is 0 Å². The molecule has 1 fully saturated rings. The highest BCUT2D eigenvalue weighted by Crippen LogP contribution is 2.33. The molecule has 1 saturated carbocycles. The molecule has 0 spiro atoms. The molecule has 1 aromatic heterocycles. The van der Waals surface area contributed by atoms with Gasteiger partial charge in [0.25, 0.3) is 0 Å². The Morgan fingerprint density at radius 3 is 3.13 bits per heavy atom. The van der Waals surface area contributed by atoms with Crippen molar-refractivity contribution in [2.45, 2.75) is 45.1 Å². The smallest absolute Gasteiger partial charge is 0.137 e. The minimum absolute atomic E-state index is 0.673. The van der Waals surface area contributed by atoms with Crippen LogP contribution in [0.3, 0.4) is 0 Å². The third-order valence-corrected chi connectivity index (χ3v) is 2.93.